The summed E-state index contributed by atoms with van der Waals surface area (Å²) in [6.07, 6.45) is 2.79. The number of rotatable bonds is 2. The minimum Gasteiger partial charge on any atom is -0.341 e. The number of amides is 1. The van der Waals surface area contributed by atoms with Crippen LogP contribution in [0.5, 0.6) is 0 Å². The van der Waals surface area contributed by atoms with Gasteiger partial charge in [0.1, 0.15) is 0 Å². The minimum absolute atomic E-state index is 0.00463. The number of likely N-dealkylation sites (tertiary alicyclic amines) is 1. The molecule has 1 amide bonds. The van der Waals surface area contributed by atoms with Gasteiger partial charge in [0.15, 0.2) is 0 Å². The average Bonchev–Trinajstić information content (AvgIpc) is 2.01. The van der Waals surface area contributed by atoms with Gasteiger partial charge in [0.2, 0.25) is 15.9 Å². The second kappa shape index (κ2) is 4.27. The molecule has 1 aliphatic heterocycles. The maximum atomic E-state index is 11.1. The highest BCUT2D eigenvalue weighted by atomic mass is 32.2. The van der Waals surface area contributed by atoms with Crippen molar-refractivity contribution in [3.63, 3.8) is 0 Å². The second-order valence-electron chi connectivity index (χ2n) is 3.69. The van der Waals surface area contributed by atoms with Gasteiger partial charge in [-0.2, -0.15) is 0 Å². The molecule has 0 aromatic rings. The van der Waals surface area contributed by atoms with E-state index in [0.29, 0.717) is 6.54 Å². The lowest BCUT2D eigenvalue weighted by molar-refractivity contribution is -0.130. The molecule has 1 rings (SSSR count). The van der Waals surface area contributed by atoms with Crippen LogP contribution in [0.1, 0.15) is 19.8 Å². The molecule has 1 heterocycles. The Hall–Kier alpha value is -0.620. The fourth-order valence-corrected chi connectivity index (χ4v) is 2.46. The number of hydrogen-bond donors (Lipinski definition) is 1. The molecular weight excluding hydrogens is 204 g/mol. The largest absolute Gasteiger partial charge is 0.341 e. The van der Waals surface area contributed by atoms with Gasteiger partial charge in [-0.25, -0.2) is 13.1 Å². The van der Waals surface area contributed by atoms with Gasteiger partial charge < -0.3 is 4.90 Å². The van der Waals surface area contributed by atoms with Gasteiger partial charge >= 0.3 is 0 Å². The zero-order valence-corrected chi connectivity index (χ0v) is 9.30. The maximum Gasteiger partial charge on any atom is 0.219 e. The number of nitrogens with one attached hydrogen (secondary N) is 1. The van der Waals surface area contributed by atoms with Crippen LogP contribution in [0.15, 0.2) is 0 Å². The van der Waals surface area contributed by atoms with Crippen LogP contribution >= 0.6 is 0 Å². The van der Waals surface area contributed by atoms with E-state index in [0.717, 1.165) is 25.6 Å². The Morgan fingerprint density at radius 3 is 2.64 bits per heavy atom. The molecule has 1 fully saturated rings. The van der Waals surface area contributed by atoms with Gasteiger partial charge in [-0.3, -0.25) is 4.79 Å². The van der Waals surface area contributed by atoms with Crippen LogP contribution in [0.2, 0.25) is 0 Å². The van der Waals surface area contributed by atoms with Crippen molar-refractivity contribution in [3.8, 4) is 0 Å². The smallest absolute Gasteiger partial charge is 0.219 e. The molecular formula is C8H16N2O3S. The monoisotopic (exact) mass is 220 g/mol. The van der Waals surface area contributed by atoms with Crippen LogP contribution in [0.3, 0.4) is 0 Å². The molecule has 0 aliphatic carbocycles. The van der Waals surface area contributed by atoms with Crippen molar-refractivity contribution in [2.24, 2.45) is 0 Å². The fourth-order valence-electron chi connectivity index (χ4n) is 1.66. The molecule has 1 atom stereocenters. The topological polar surface area (TPSA) is 66.5 Å². The molecule has 5 nitrogen and oxygen atoms in total. The van der Waals surface area contributed by atoms with E-state index in [4.69, 9.17) is 0 Å². The lowest BCUT2D eigenvalue weighted by Crippen LogP contribution is -2.48. The molecule has 1 saturated heterocycles. The molecule has 82 valence electrons. The summed E-state index contributed by atoms with van der Waals surface area (Å²) in [5, 5.41) is 0. The normalized spacial score (nSPS) is 23.6. The Bertz CT molecular complexity index is 313. The first-order valence-corrected chi connectivity index (χ1v) is 6.50. The van der Waals surface area contributed by atoms with Gasteiger partial charge in [-0.15, -0.1) is 0 Å². The first-order valence-electron chi connectivity index (χ1n) is 4.61. The van der Waals surface area contributed by atoms with E-state index in [2.05, 4.69) is 4.72 Å². The summed E-state index contributed by atoms with van der Waals surface area (Å²) in [5.41, 5.74) is 0. The standard InChI is InChI=1S/C8H16N2O3S/c1-7(11)10-5-3-4-8(6-10)9-14(2,12)13/h8-9H,3-6H2,1-2H3/t8-/m0/s1. The van der Waals surface area contributed by atoms with Gasteiger partial charge in [0, 0.05) is 26.1 Å². The highest BCUT2D eigenvalue weighted by molar-refractivity contribution is 7.88. The predicted molar refractivity (Wildman–Crippen MR) is 53.3 cm³/mol. The van der Waals surface area contributed by atoms with Crippen molar-refractivity contribution in [1.29, 1.82) is 0 Å². The van der Waals surface area contributed by atoms with Crippen LogP contribution in [0.4, 0.5) is 0 Å². The van der Waals surface area contributed by atoms with E-state index < -0.39 is 10.0 Å². The third-order valence-electron chi connectivity index (χ3n) is 2.25. The molecule has 0 spiro atoms. The zero-order chi connectivity index (χ0) is 10.8. The highest BCUT2D eigenvalue weighted by Gasteiger charge is 2.23. The van der Waals surface area contributed by atoms with Crippen LogP contribution in [0, 0.1) is 0 Å². The third-order valence-corrected chi connectivity index (χ3v) is 3.01. The number of nitrogens with zero attached hydrogens (tertiary/aromatic N) is 1. The second-order valence-corrected chi connectivity index (χ2v) is 5.47. The SMILES string of the molecule is CC(=O)N1CCC[C@H](NS(C)(=O)=O)C1. The highest BCUT2D eigenvalue weighted by Crippen LogP contribution is 2.10. The molecule has 1 aliphatic rings. The van der Waals surface area contributed by atoms with Crippen molar-refractivity contribution in [1.82, 2.24) is 9.62 Å². The molecule has 0 unspecified atom stereocenters. The first-order chi connectivity index (χ1) is 6.38. The van der Waals surface area contributed by atoms with Crippen molar-refractivity contribution >= 4 is 15.9 Å². The number of carbonyl (C=O) groups excluding carboxylic acids is 1. The van der Waals surface area contributed by atoms with Gasteiger partial charge in [0.25, 0.3) is 0 Å². The molecule has 6 heteroatoms. The molecule has 0 saturated carbocycles. The Morgan fingerprint density at radius 2 is 2.14 bits per heavy atom. The first kappa shape index (κ1) is 11.5. The summed E-state index contributed by atoms with van der Waals surface area (Å²) in [4.78, 5) is 12.7. The number of piperidine rings is 1. The van der Waals surface area contributed by atoms with Gasteiger partial charge in [-0.05, 0) is 12.8 Å². The average molecular weight is 220 g/mol. The lowest BCUT2D eigenvalue weighted by atomic mass is 10.1. The molecule has 1 N–H and O–H groups in total. The van der Waals surface area contributed by atoms with E-state index in [1.165, 1.54) is 6.92 Å². The Balaban J connectivity index is 2.52. The number of carbonyl (C=O) groups is 1. The van der Waals surface area contributed by atoms with Gasteiger partial charge in [0.05, 0.1) is 6.26 Å². The fraction of sp³-hybridized carbons (Fsp3) is 0.875. The Morgan fingerprint density at radius 1 is 1.50 bits per heavy atom. The summed E-state index contributed by atoms with van der Waals surface area (Å²) < 4.78 is 24.4. The van der Waals surface area contributed by atoms with E-state index in [9.17, 15) is 13.2 Å². The lowest BCUT2D eigenvalue weighted by Gasteiger charge is -2.31. The van der Waals surface area contributed by atoms with Gasteiger partial charge in [-0.1, -0.05) is 0 Å². The maximum absolute atomic E-state index is 11.1. The van der Waals surface area contributed by atoms with Crippen LogP contribution in [-0.4, -0.2) is 44.6 Å². The zero-order valence-electron chi connectivity index (χ0n) is 8.49. The summed E-state index contributed by atoms with van der Waals surface area (Å²) in [7, 11) is -3.16. The van der Waals surface area contributed by atoms with Crippen LogP contribution in [0.25, 0.3) is 0 Å². The number of hydrogen-bond acceptors (Lipinski definition) is 3. The van der Waals surface area contributed by atoms with Crippen molar-refractivity contribution < 1.29 is 13.2 Å². The van der Waals surface area contributed by atoms with Crippen LogP contribution < -0.4 is 4.72 Å². The summed E-state index contributed by atoms with van der Waals surface area (Å²) in [6, 6.07) is -0.123. The van der Waals surface area contributed by atoms with Crippen molar-refractivity contribution in [3.05, 3.63) is 0 Å². The predicted octanol–water partition coefficient (Wildman–Crippen LogP) is -0.453. The Labute approximate surface area is 84.5 Å². The molecule has 0 radical (unpaired) electrons. The van der Waals surface area contributed by atoms with E-state index in [1.807, 2.05) is 0 Å². The third kappa shape index (κ3) is 3.63. The molecule has 0 bridgehead atoms. The Kier molecular flexibility index (Phi) is 3.49. The van der Waals surface area contributed by atoms with E-state index in [1.54, 1.807) is 4.90 Å². The summed E-state index contributed by atoms with van der Waals surface area (Å²) in [5.74, 6) is 0.00463. The summed E-state index contributed by atoms with van der Waals surface area (Å²) in [6.45, 7) is 2.72. The molecule has 0 aromatic heterocycles. The van der Waals surface area contributed by atoms with Crippen LogP contribution in [-0.2, 0) is 14.8 Å². The van der Waals surface area contributed by atoms with Crippen molar-refractivity contribution in [2.75, 3.05) is 19.3 Å². The molecule has 0 aromatic carbocycles. The minimum atomic E-state index is -3.16. The van der Waals surface area contributed by atoms with E-state index >= 15 is 0 Å². The quantitative estimate of drug-likeness (QED) is 0.685. The van der Waals surface area contributed by atoms with E-state index in [-0.39, 0.29) is 11.9 Å². The van der Waals surface area contributed by atoms with Crippen molar-refractivity contribution in [2.45, 2.75) is 25.8 Å². The summed E-state index contributed by atoms with van der Waals surface area (Å²) >= 11 is 0. The number of sulfonamides is 1. The molecule has 14 heavy (non-hydrogen) atoms.